The second-order valence-corrected chi connectivity index (χ2v) is 4.47. The summed E-state index contributed by atoms with van der Waals surface area (Å²) in [5.41, 5.74) is 9.01. The minimum atomic E-state index is -0.398. The summed E-state index contributed by atoms with van der Waals surface area (Å²) in [5.74, 6) is -0.398. The van der Waals surface area contributed by atoms with E-state index in [2.05, 4.69) is 17.1 Å². The molecule has 94 valence electrons. The number of rotatable bonds is 3. The minimum Gasteiger partial charge on any atom is -0.366 e. The van der Waals surface area contributed by atoms with E-state index >= 15 is 0 Å². The minimum absolute atomic E-state index is 0.398. The number of carbonyl (C=O) groups excluding carboxylic acids is 1. The van der Waals surface area contributed by atoms with E-state index in [0.29, 0.717) is 5.56 Å². The molecule has 2 N–H and O–H groups in total. The number of hydrogen-bond donors (Lipinski definition) is 1. The maximum Gasteiger partial charge on any atom is 0.248 e. The average molecular weight is 251 g/mol. The predicted octanol–water partition coefficient (Wildman–Crippen LogP) is 2.02. The predicted molar refractivity (Wildman–Crippen MR) is 73.0 cm³/mol. The average Bonchev–Trinajstić information content (AvgIpc) is 2.87. The van der Waals surface area contributed by atoms with Crippen LogP contribution in [-0.4, -0.2) is 15.3 Å². The van der Waals surface area contributed by atoms with Gasteiger partial charge in [0.15, 0.2) is 0 Å². The van der Waals surface area contributed by atoms with Crippen molar-refractivity contribution in [1.82, 2.24) is 9.38 Å². The van der Waals surface area contributed by atoms with Gasteiger partial charge in [-0.05, 0) is 41.8 Å². The highest BCUT2D eigenvalue weighted by atomic mass is 16.1. The zero-order valence-corrected chi connectivity index (χ0v) is 10.3. The number of nitrogens with zero attached hydrogens (tertiary/aromatic N) is 2. The molecule has 4 heteroatoms. The van der Waals surface area contributed by atoms with E-state index < -0.39 is 5.91 Å². The highest BCUT2D eigenvalue weighted by Crippen LogP contribution is 2.12. The van der Waals surface area contributed by atoms with Gasteiger partial charge in [0.1, 0.15) is 5.65 Å². The Balaban J connectivity index is 1.85. The molecule has 0 saturated carbocycles. The van der Waals surface area contributed by atoms with E-state index in [4.69, 9.17) is 5.73 Å². The number of primary amides is 1. The van der Waals surface area contributed by atoms with E-state index in [-0.39, 0.29) is 0 Å². The summed E-state index contributed by atoms with van der Waals surface area (Å²) in [6, 6.07) is 11.5. The largest absolute Gasteiger partial charge is 0.366 e. The lowest BCUT2D eigenvalue weighted by Crippen LogP contribution is -2.10. The van der Waals surface area contributed by atoms with Crippen LogP contribution in [0.15, 0.2) is 55.0 Å². The molecule has 0 aliphatic rings. The molecule has 0 radical (unpaired) electrons. The van der Waals surface area contributed by atoms with Crippen LogP contribution in [0.3, 0.4) is 0 Å². The molecule has 2 heterocycles. The molecule has 3 aromatic rings. The maximum atomic E-state index is 11.0. The second-order valence-electron chi connectivity index (χ2n) is 4.47. The van der Waals surface area contributed by atoms with Crippen molar-refractivity contribution in [3.63, 3.8) is 0 Å². The van der Waals surface area contributed by atoms with Crippen molar-refractivity contribution in [2.45, 2.75) is 6.42 Å². The highest BCUT2D eigenvalue weighted by molar-refractivity contribution is 5.92. The van der Waals surface area contributed by atoms with Crippen LogP contribution in [0.5, 0.6) is 0 Å². The van der Waals surface area contributed by atoms with Gasteiger partial charge >= 0.3 is 0 Å². The Hall–Kier alpha value is -2.62. The molecule has 0 bridgehead atoms. The molecule has 0 fully saturated rings. The van der Waals surface area contributed by atoms with Crippen LogP contribution >= 0.6 is 0 Å². The van der Waals surface area contributed by atoms with Gasteiger partial charge in [0.05, 0.1) is 0 Å². The Bertz CT molecular complexity index is 728. The monoisotopic (exact) mass is 251 g/mol. The van der Waals surface area contributed by atoms with Gasteiger partial charge < -0.3 is 10.1 Å². The first-order valence-corrected chi connectivity index (χ1v) is 6.03. The van der Waals surface area contributed by atoms with Crippen molar-refractivity contribution in [2.75, 3.05) is 0 Å². The highest BCUT2D eigenvalue weighted by Gasteiger charge is 2.02. The normalized spacial score (nSPS) is 10.7. The van der Waals surface area contributed by atoms with Crippen LogP contribution in [0.1, 0.15) is 21.5 Å². The van der Waals surface area contributed by atoms with Crippen molar-refractivity contribution >= 4 is 11.6 Å². The Morgan fingerprint density at radius 2 is 1.89 bits per heavy atom. The molecule has 1 aromatic carbocycles. The van der Waals surface area contributed by atoms with E-state index in [0.717, 1.165) is 17.6 Å². The number of hydrogen-bond acceptors (Lipinski definition) is 2. The fourth-order valence-electron chi connectivity index (χ4n) is 2.08. The molecule has 0 atom stereocenters. The van der Waals surface area contributed by atoms with Gasteiger partial charge in [0, 0.05) is 24.2 Å². The van der Waals surface area contributed by atoms with Crippen LogP contribution < -0.4 is 5.73 Å². The second kappa shape index (κ2) is 4.57. The van der Waals surface area contributed by atoms with E-state index in [1.54, 1.807) is 18.3 Å². The van der Waals surface area contributed by atoms with Gasteiger partial charge in [-0.1, -0.05) is 12.1 Å². The summed E-state index contributed by atoms with van der Waals surface area (Å²) < 4.78 is 1.97. The lowest BCUT2D eigenvalue weighted by Gasteiger charge is -2.03. The van der Waals surface area contributed by atoms with Crippen LogP contribution in [-0.2, 0) is 6.42 Å². The third-order valence-corrected chi connectivity index (χ3v) is 3.11. The molecular formula is C15H13N3O. The van der Waals surface area contributed by atoms with Gasteiger partial charge in [-0.15, -0.1) is 0 Å². The number of nitrogens with two attached hydrogens (primary N) is 1. The third-order valence-electron chi connectivity index (χ3n) is 3.11. The van der Waals surface area contributed by atoms with Crippen LogP contribution in [0.4, 0.5) is 0 Å². The summed E-state index contributed by atoms with van der Waals surface area (Å²) >= 11 is 0. The third kappa shape index (κ3) is 2.33. The summed E-state index contributed by atoms with van der Waals surface area (Å²) in [6.45, 7) is 0. The summed E-state index contributed by atoms with van der Waals surface area (Å²) in [5, 5.41) is 0. The van der Waals surface area contributed by atoms with Gasteiger partial charge in [-0.3, -0.25) is 4.79 Å². The first kappa shape index (κ1) is 11.5. The lowest BCUT2D eigenvalue weighted by atomic mass is 10.0. The lowest BCUT2D eigenvalue weighted by molar-refractivity contribution is 0.100. The first-order chi connectivity index (χ1) is 9.22. The zero-order chi connectivity index (χ0) is 13.2. The molecule has 0 spiro atoms. The molecule has 0 saturated heterocycles. The number of imidazole rings is 1. The van der Waals surface area contributed by atoms with Crippen LogP contribution in [0.2, 0.25) is 0 Å². The van der Waals surface area contributed by atoms with E-state index in [1.165, 1.54) is 5.56 Å². The summed E-state index contributed by atoms with van der Waals surface area (Å²) in [4.78, 5) is 15.3. The molecule has 2 aromatic heterocycles. The number of carbonyl (C=O) groups is 1. The van der Waals surface area contributed by atoms with E-state index in [9.17, 15) is 4.79 Å². The SMILES string of the molecule is NC(=O)c1ccc(Cc2ccn3ccnc3c2)cc1. The Kier molecular flexibility index (Phi) is 2.76. The molecule has 0 aliphatic heterocycles. The molecule has 0 aliphatic carbocycles. The van der Waals surface area contributed by atoms with Crippen molar-refractivity contribution in [3.05, 3.63) is 71.7 Å². The molecule has 3 rings (SSSR count). The van der Waals surface area contributed by atoms with Crippen molar-refractivity contribution in [1.29, 1.82) is 0 Å². The standard InChI is InChI=1S/C15H13N3O/c16-15(19)13-3-1-11(2-4-13)9-12-5-7-18-8-6-17-14(18)10-12/h1-8,10H,9H2,(H2,16,19). The molecule has 0 unspecified atom stereocenters. The van der Waals surface area contributed by atoms with Crippen LogP contribution in [0, 0.1) is 0 Å². The maximum absolute atomic E-state index is 11.0. The van der Waals surface area contributed by atoms with Gasteiger partial charge in [-0.25, -0.2) is 4.98 Å². The molecule has 4 nitrogen and oxygen atoms in total. The Morgan fingerprint density at radius 3 is 2.63 bits per heavy atom. The number of benzene rings is 1. The Morgan fingerprint density at radius 1 is 1.11 bits per heavy atom. The van der Waals surface area contributed by atoms with Crippen molar-refractivity contribution in [3.8, 4) is 0 Å². The summed E-state index contributed by atoms with van der Waals surface area (Å²) in [6.07, 6.45) is 6.50. The van der Waals surface area contributed by atoms with Crippen molar-refractivity contribution in [2.24, 2.45) is 5.73 Å². The smallest absolute Gasteiger partial charge is 0.248 e. The van der Waals surface area contributed by atoms with E-state index in [1.807, 2.05) is 28.9 Å². The molecular weight excluding hydrogens is 238 g/mol. The quantitative estimate of drug-likeness (QED) is 0.774. The number of amides is 1. The van der Waals surface area contributed by atoms with Gasteiger partial charge in [0.2, 0.25) is 5.91 Å². The number of pyridine rings is 1. The van der Waals surface area contributed by atoms with Gasteiger partial charge in [0.25, 0.3) is 0 Å². The number of aromatic nitrogens is 2. The summed E-state index contributed by atoms with van der Waals surface area (Å²) in [7, 11) is 0. The van der Waals surface area contributed by atoms with Crippen LogP contribution in [0.25, 0.3) is 5.65 Å². The molecule has 1 amide bonds. The number of fused-ring (bicyclic) bond motifs is 1. The topological polar surface area (TPSA) is 60.4 Å². The Labute approximate surface area is 110 Å². The first-order valence-electron chi connectivity index (χ1n) is 6.03. The zero-order valence-electron chi connectivity index (χ0n) is 10.3. The fourth-order valence-corrected chi connectivity index (χ4v) is 2.08. The fraction of sp³-hybridized carbons (Fsp3) is 0.0667. The van der Waals surface area contributed by atoms with Crippen molar-refractivity contribution < 1.29 is 4.79 Å². The van der Waals surface area contributed by atoms with Gasteiger partial charge in [-0.2, -0.15) is 0 Å². The molecule has 19 heavy (non-hydrogen) atoms.